The average Bonchev–Trinajstić information content (AvgIpc) is 4.19. The number of fused-ring (bicyclic) bond motifs is 7. The molecule has 0 aliphatic heterocycles. The molecule has 12 heteroatoms. The summed E-state index contributed by atoms with van der Waals surface area (Å²) in [6, 6.07) is 50.8. The van der Waals surface area contributed by atoms with E-state index in [0.29, 0.717) is 76.2 Å². The lowest BCUT2D eigenvalue weighted by Gasteiger charge is -2.28. The van der Waals surface area contributed by atoms with Crippen LogP contribution in [0.4, 0.5) is 0 Å². The third-order valence-electron chi connectivity index (χ3n) is 12.9. The summed E-state index contributed by atoms with van der Waals surface area (Å²) in [5.74, 6) is -2.37. The van der Waals surface area contributed by atoms with E-state index in [0.717, 1.165) is 9.40 Å². The number of hydrogen-bond donors (Lipinski definition) is 0. The van der Waals surface area contributed by atoms with Gasteiger partial charge in [-0.2, -0.15) is 21.0 Å². The second-order valence-corrected chi connectivity index (χ2v) is 19.1. The molecule has 0 radical (unpaired) electrons. The van der Waals surface area contributed by atoms with Gasteiger partial charge in [-0.15, -0.1) is 22.7 Å². The molecule has 3 aliphatic rings. The quantitative estimate of drug-likeness (QED) is 0.0615. The fraction of sp³-hybridized carbons (Fsp3) is 0.0508. The highest BCUT2D eigenvalue weighted by atomic mass is 32.1. The summed E-state index contributed by atoms with van der Waals surface area (Å²) < 4.78 is 13.8. The predicted molar refractivity (Wildman–Crippen MR) is 270 cm³/mol. The summed E-state index contributed by atoms with van der Waals surface area (Å²) in [6.45, 7) is -0.289. The van der Waals surface area contributed by atoms with E-state index in [-0.39, 0.29) is 58.2 Å². The number of carbonyl (C=O) groups excluding carboxylic acids is 4. The number of nitriles is 4. The molecular formula is C59H30N4O6S2. The third kappa shape index (κ3) is 7.11. The van der Waals surface area contributed by atoms with Crippen LogP contribution in [0.25, 0.3) is 54.6 Å². The number of Topliss-reactive ketones (excluding diaryl/α,β-unsaturated/α-hetero) is 2. The number of ketones is 2. The first-order valence-corrected chi connectivity index (χ1v) is 23.7. The number of thiophene rings is 2. The van der Waals surface area contributed by atoms with Crippen molar-refractivity contribution in [2.45, 2.75) is 18.6 Å². The third-order valence-corrected chi connectivity index (χ3v) is 15.0. The van der Waals surface area contributed by atoms with Gasteiger partial charge in [0.1, 0.15) is 48.6 Å². The maximum atomic E-state index is 15.3. The van der Waals surface area contributed by atoms with E-state index in [1.165, 1.54) is 22.7 Å². The largest absolute Gasteiger partial charge is 0.459 e. The molecule has 3 aliphatic carbocycles. The van der Waals surface area contributed by atoms with Crippen molar-refractivity contribution in [1.29, 1.82) is 21.0 Å². The molecule has 71 heavy (non-hydrogen) atoms. The molecule has 0 fully saturated rings. The highest BCUT2D eigenvalue weighted by molar-refractivity contribution is 7.20. The number of carbonyl (C=O) groups is 4. The van der Waals surface area contributed by atoms with Crippen molar-refractivity contribution in [3.05, 3.63) is 222 Å². The Bertz CT molecular complexity index is 3720. The zero-order chi connectivity index (χ0) is 49.0. The van der Waals surface area contributed by atoms with Crippen molar-refractivity contribution in [1.82, 2.24) is 0 Å². The van der Waals surface area contributed by atoms with Crippen LogP contribution in [0.5, 0.6) is 0 Å². The zero-order valence-corrected chi connectivity index (χ0v) is 38.6. The van der Waals surface area contributed by atoms with E-state index in [2.05, 4.69) is 0 Å². The molecule has 10 nitrogen and oxygen atoms in total. The van der Waals surface area contributed by atoms with Gasteiger partial charge in [-0.05, 0) is 104 Å². The van der Waals surface area contributed by atoms with Gasteiger partial charge in [0.2, 0.25) is 5.41 Å². The number of nitrogens with zero attached hydrogens (tertiary/aromatic N) is 4. The Morgan fingerprint density at radius 1 is 0.479 bits per heavy atom. The molecule has 0 spiro atoms. The molecule has 0 saturated heterocycles. The van der Waals surface area contributed by atoms with Crippen LogP contribution >= 0.6 is 22.7 Å². The Morgan fingerprint density at radius 2 is 0.845 bits per heavy atom. The predicted octanol–water partition coefficient (Wildman–Crippen LogP) is 12.0. The Balaban J connectivity index is 1.11. The molecule has 0 bridgehead atoms. The van der Waals surface area contributed by atoms with Gasteiger partial charge < -0.3 is 9.47 Å². The van der Waals surface area contributed by atoms with Crippen LogP contribution in [0.3, 0.4) is 0 Å². The van der Waals surface area contributed by atoms with Crippen molar-refractivity contribution in [2.75, 3.05) is 0 Å². The Morgan fingerprint density at radius 3 is 1.23 bits per heavy atom. The Labute approximate surface area is 413 Å². The lowest BCUT2D eigenvalue weighted by atomic mass is 9.77. The molecule has 0 unspecified atom stereocenters. The highest BCUT2D eigenvalue weighted by Crippen LogP contribution is 2.55. The number of rotatable bonds is 8. The van der Waals surface area contributed by atoms with Gasteiger partial charge >= 0.3 is 11.9 Å². The molecule has 0 N–H and O–H groups in total. The van der Waals surface area contributed by atoms with Gasteiger partial charge in [-0.3, -0.25) is 19.2 Å². The van der Waals surface area contributed by atoms with Crippen LogP contribution in [0, 0.1) is 45.3 Å². The number of ether oxygens (including phenoxy) is 2. The lowest BCUT2D eigenvalue weighted by molar-refractivity contribution is -0.164. The highest BCUT2D eigenvalue weighted by Gasteiger charge is 2.58. The lowest BCUT2D eigenvalue weighted by Crippen LogP contribution is -2.45. The van der Waals surface area contributed by atoms with Gasteiger partial charge in [0.05, 0.1) is 0 Å². The fourth-order valence-corrected chi connectivity index (χ4v) is 11.8. The first-order chi connectivity index (χ1) is 34.7. The van der Waals surface area contributed by atoms with Crippen molar-refractivity contribution in [3.8, 4) is 35.4 Å². The zero-order valence-electron chi connectivity index (χ0n) is 37.0. The molecule has 8 aromatic rings. The van der Waals surface area contributed by atoms with E-state index in [9.17, 15) is 30.6 Å². The molecular weight excluding hydrogens is 925 g/mol. The van der Waals surface area contributed by atoms with Gasteiger partial charge in [0.15, 0.2) is 11.6 Å². The molecule has 2 heterocycles. The van der Waals surface area contributed by atoms with Crippen LogP contribution in [0.1, 0.15) is 63.9 Å². The van der Waals surface area contributed by atoms with Crippen molar-refractivity contribution in [2.24, 2.45) is 0 Å². The van der Waals surface area contributed by atoms with Crippen molar-refractivity contribution < 1.29 is 28.7 Å². The van der Waals surface area contributed by atoms with E-state index in [4.69, 9.17) is 9.47 Å². The fourth-order valence-electron chi connectivity index (χ4n) is 9.73. The maximum absolute atomic E-state index is 15.3. The van der Waals surface area contributed by atoms with Crippen LogP contribution in [-0.4, -0.2) is 23.5 Å². The normalized spacial score (nSPS) is 14.8. The summed E-state index contributed by atoms with van der Waals surface area (Å²) in [7, 11) is 0. The first-order valence-electron chi connectivity index (χ1n) is 22.1. The minimum Gasteiger partial charge on any atom is -0.459 e. The topological polar surface area (TPSA) is 182 Å². The second kappa shape index (κ2) is 17.5. The SMILES string of the molecule is N#CC(C#N)=C1/C(=C/c2cc3cc4c(cc3s2)-c2cc3sc(/C=C5\C(=O)c6ccccc6C5=C(C#N)C#N)cc3cc2C4(C(=O)OCc2ccccc2)C(=O)OCc2ccccc2)C(=O)c2ccccc21. The molecule has 0 saturated carbocycles. The molecule has 6 aromatic carbocycles. The number of benzene rings is 6. The summed E-state index contributed by atoms with van der Waals surface area (Å²) in [5.41, 5.74) is 3.33. The molecule has 334 valence electrons. The van der Waals surface area contributed by atoms with E-state index < -0.39 is 17.4 Å². The molecule has 0 amide bonds. The summed E-state index contributed by atoms with van der Waals surface area (Å²) in [5, 5.41) is 41.1. The molecule has 11 rings (SSSR count). The Kier molecular flexibility index (Phi) is 10.8. The summed E-state index contributed by atoms with van der Waals surface area (Å²) in [6.07, 6.45) is 3.34. The monoisotopic (exact) mass is 954 g/mol. The number of hydrogen-bond acceptors (Lipinski definition) is 12. The van der Waals surface area contributed by atoms with Gasteiger partial charge in [0, 0.05) is 52.6 Å². The van der Waals surface area contributed by atoms with Crippen LogP contribution in [0.15, 0.2) is 168 Å². The average molecular weight is 955 g/mol. The van der Waals surface area contributed by atoms with Gasteiger partial charge in [-0.25, -0.2) is 0 Å². The van der Waals surface area contributed by atoms with Crippen LogP contribution in [0.2, 0.25) is 0 Å². The van der Waals surface area contributed by atoms with Crippen LogP contribution < -0.4 is 0 Å². The number of allylic oxidation sites excluding steroid dienone is 6. The van der Waals surface area contributed by atoms with Crippen LogP contribution in [-0.2, 0) is 37.7 Å². The van der Waals surface area contributed by atoms with E-state index in [1.807, 2.05) is 109 Å². The maximum Gasteiger partial charge on any atom is 0.333 e. The van der Waals surface area contributed by atoms with Gasteiger partial charge in [-0.1, -0.05) is 109 Å². The van der Waals surface area contributed by atoms with E-state index >= 15 is 9.59 Å². The number of esters is 2. The minimum atomic E-state index is -2.15. The summed E-state index contributed by atoms with van der Waals surface area (Å²) >= 11 is 2.71. The van der Waals surface area contributed by atoms with E-state index in [1.54, 1.807) is 72.8 Å². The standard InChI is InChI=1S/C59H30N4O6S2/c60-27-37(28-61)53-41-15-7-9-17-43(41)55(64)47(53)23-39-19-35-21-49-45(25-51(35)70-39)46-26-52-36(20-40(71-52)24-48-54(38(29-62)30-63)42-16-8-10-18-44(42)56(48)65)22-50(46)59(49,57(66)68-31-33-11-3-1-4-12-33)58(67)69-32-34-13-5-2-6-14-34/h1-26H,31-32H2/b47-23-,48-24-. The molecule has 0 atom stereocenters. The second-order valence-electron chi connectivity index (χ2n) is 16.9. The minimum absolute atomic E-state index is 0.145. The van der Waals surface area contributed by atoms with Gasteiger partial charge in [0.25, 0.3) is 0 Å². The van der Waals surface area contributed by atoms with Crippen molar-refractivity contribution >= 4 is 89.6 Å². The van der Waals surface area contributed by atoms with Crippen molar-refractivity contribution in [3.63, 3.8) is 0 Å². The molecule has 2 aromatic heterocycles. The smallest absolute Gasteiger partial charge is 0.333 e. The Hall–Kier alpha value is -9.56. The summed E-state index contributed by atoms with van der Waals surface area (Å²) in [4.78, 5) is 59.7. The first kappa shape index (κ1) is 44.0.